The van der Waals surface area contributed by atoms with E-state index in [1.807, 2.05) is 42.5 Å². The molecule has 1 saturated heterocycles. The minimum atomic E-state index is -3.24. The lowest BCUT2D eigenvalue weighted by atomic mass is 9.94. The number of hydrogen-bond acceptors (Lipinski definition) is 3. The first-order valence-corrected chi connectivity index (χ1v) is 9.58. The molecule has 2 aliphatic heterocycles. The molecule has 120 valence electrons. The molecule has 1 unspecified atom stereocenters. The summed E-state index contributed by atoms with van der Waals surface area (Å²) < 4.78 is 27.1. The van der Waals surface area contributed by atoms with Crippen LogP contribution in [0.1, 0.15) is 22.7 Å². The van der Waals surface area contributed by atoms with Gasteiger partial charge >= 0.3 is 0 Å². The molecule has 1 atom stereocenters. The Balaban J connectivity index is 1.61. The molecule has 4 nitrogen and oxygen atoms in total. The van der Waals surface area contributed by atoms with E-state index in [4.69, 9.17) is 0 Å². The fourth-order valence-electron chi connectivity index (χ4n) is 3.60. The molecule has 0 aromatic heterocycles. The molecule has 0 amide bonds. The third kappa shape index (κ3) is 2.80. The molecule has 4 rings (SSSR count). The van der Waals surface area contributed by atoms with E-state index in [-0.39, 0.29) is 11.8 Å². The summed E-state index contributed by atoms with van der Waals surface area (Å²) in [6.45, 7) is 1.85. The maximum absolute atomic E-state index is 12.8. The third-order valence-corrected chi connectivity index (χ3v) is 6.59. The van der Waals surface area contributed by atoms with Gasteiger partial charge in [-0.25, -0.2) is 8.42 Å². The molecule has 1 fully saturated rings. The summed E-state index contributed by atoms with van der Waals surface area (Å²) >= 11 is 0. The van der Waals surface area contributed by atoms with Crippen LogP contribution in [0.25, 0.3) is 0 Å². The van der Waals surface area contributed by atoms with Crippen molar-refractivity contribution in [3.05, 3.63) is 71.3 Å². The lowest BCUT2D eigenvalue weighted by Gasteiger charge is -2.44. The summed E-state index contributed by atoms with van der Waals surface area (Å²) in [5.74, 6) is 0.177. The van der Waals surface area contributed by atoms with Crippen molar-refractivity contribution in [3.8, 4) is 0 Å². The first kappa shape index (κ1) is 14.9. The van der Waals surface area contributed by atoms with Gasteiger partial charge in [0.1, 0.15) is 0 Å². The molecule has 2 aromatic carbocycles. The van der Waals surface area contributed by atoms with Crippen LogP contribution in [0.3, 0.4) is 0 Å². The second-order valence-electron chi connectivity index (χ2n) is 6.29. The molecule has 2 heterocycles. The van der Waals surface area contributed by atoms with Crippen molar-refractivity contribution in [1.82, 2.24) is 9.21 Å². The van der Waals surface area contributed by atoms with Crippen LogP contribution in [-0.2, 0) is 23.0 Å². The van der Waals surface area contributed by atoms with E-state index in [0.717, 1.165) is 18.5 Å². The van der Waals surface area contributed by atoms with Crippen molar-refractivity contribution in [2.75, 3.05) is 19.0 Å². The Kier molecular flexibility index (Phi) is 3.71. The summed E-state index contributed by atoms with van der Waals surface area (Å²) in [6.07, 6.45) is 0.992. The zero-order chi connectivity index (χ0) is 15.9. The number of rotatable bonds is 2. The van der Waals surface area contributed by atoms with Gasteiger partial charge in [-0.1, -0.05) is 54.6 Å². The fourth-order valence-corrected chi connectivity index (χ4v) is 5.27. The van der Waals surface area contributed by atoms with Crippen LogP contribution in [0.4, 0.5) is 0 Å². The normalized spacial score (nSPS) is 23.9. The smallest absolute Gasteiger partial charge is 0.217 e. The fraction of sp³-hybridized carbons (Fsp3) is 0.333. The van der Waals surface area contributed by atoms with Crippen LogP contribution in [0.2, 0.25) is 0 Å². The van der Waals surface area contributed by atoms with Crippen molar-refractivity contribution >= 4 is 10.0 Å². The average Bonchev–Trinajstić information content (AvgIpc) is 2.56. The molecular formula is C18H20N2O2S. The highest BCUT2D eigenvalue weighted by Gasteiger charge is 2.40. The zero-order valence-corrected chi connectivity index (χ0v) is 13.7. The van der Waals surface area contributed by atoms with E-state index in [2.05, 4.69) is 17.0 Å². The molecule has 5 heteroatoms. The molecule has 0 bridgehead atoms. The molecule has 2 aliphatic rings. The van der Waals surface area contributed by atoms with Crippen molar-refractivity contribution in [3.63, 3.8) is 0 Å². The Morgan fingerprint density at radius 2 is 1.74 bits per heavy atom. The van der Waals surface area contributed by atoms with Gasteiger partial charge in [0.15, 0.2) is 0 Å². The Hall–Kier alpha value is -1.69. The predicted octanol–water partition coefficient (Wildman–Crippen LogP) is 2.39. The van der Waals surface area contributed by atoms with Gasteiger partial charge < -0.3 is 0 Å². The van der Waals surface area contributed by atoms with Crippen LogP contribution in [0.5, 0.6) is 0 Å². The second kappa shape index (κ2) is 5.74. The van der Waals surface area contributed by atoms with Crippen molar-refractivity contribution in [2.24, 2.45) is 0 Å². The molecule has 2 aromatic rings. The Bertz CT molecular complexity index is 805. The summed E-state index contributed by atoms with van der Waals surface area (Å²) in [5.41, 5.74) is 3.51. The van der Waals surface area contributed by atoms with E-state index in [9.17, 15) is 8.42 Å². The van der Waals surface area contributed by atoms with Crippen LogP contribution < -0.4 is 0 Å². The lowest BCUT2D eigenvalue weighted by molar-refractivity contribution is 0.119. The average molecular weight is 328 g/mol. The van der Waals surface area contributed by atoms with Crippen LogP contribution >= 0.6 is 0 Å². The van der Waals surface area contributed by atoms with E-state index >= 15 is 0 Å². The highest BCUT2D eigenvalue weighted by molar-refractivity contribution is 7.89. The highest BCUT2D eigenvalue weighted by Crippen LogP contribution is 2.35. The predicted molar refractivity (Wildman–Crippen MR) is 90.2 cm³/mol. The maximum atomic E-state index is 12.8. The molecule has 0 spiro atoms. The highest BCUT2D eigenvalue weighted by atomic mass is 32.2. The Morgan fingerprint density at radius 3 is 2.57 bits per heavy atom. The Labute approximate surface area is 137 Å². The summed E-state index contributed by atoms with van der Waals surface area (Å²) in [7, 11) is -3.24. The van der Waals surface area contributed by atoms with Crippen molar-refractivity contribution in [2.45, 2.75) is 19.0 Å². The van der Waals surface area contributed by atoms with Crippen molar-refractivity contribution < 1.29 is 8.42 Å². The van der Waals surface area contributed by atoms with Gasteiger partial charge in [-0.05, 0) is 23.1 Å². The largest absolute Gasteiger partial charge is 0.281 e. The second-order valence-corrected chi connectivity index (χ2v) is 8.31. The summed E-state index contributed by atoms with van der Waals surface area (Å²) in [5, 5.41) is 0. The van der Waals surface area contributed by atoms with Gasteiger partial charge in [0, 0.05) is 13.1 Å². The van der Waals surface area contributed by atoms with E-state index < -0.39 is 10.0 Å². The van der Waals surface area contributed by atoms with Crippen molar-refractivity contribution in [1.29, 1.82) is 0 Å². The minimum absolute atomic E-state index is 0.00280. The number of hydrogen-bond donors (Lipinski definition) is 0. The molecule has 0 N–H and O–H groups in total. The molecular weight excluding hydrogens is 308 g/mol. The summed E-state index contributed by atoms with van der Waals surface area (Å²) in [6, 6.07) is 18.0. The molecule has 23 heavy (non-hydrogen) atoms. The van der Waals surface area contributed by atoms with Gasteiger partial charge in [-0.15, -0.1) is 0 Å². The van der Waals surface area contributed by atoms with Gasteiger partial charge in [0.05, 0.1) is 18.5 Å². The van der Waals surface area contributed by atoms with Gasteiger partial charge in [0.2, 0.25) is 10.0 Å². The van der Waals surface area contributed by atoms with Gasteiger partial charge in [-0.3, -0.25) is 4.90 Å². The number of fused-ring (bicyclic) bond motifs is 3. The Morgan fingerprint density at radius 1 is 1.00 bits per heavy atom. The third-order valence-electron chi connectivity index (χ3n) is 4.83. The van der Waals surface area contributed by atoms with E-state index in [1.165, 1.54) is 11.1 Å². The lowest BCUT2D eigenvalue weighted by Crippen LogP contribution is -2.53. The first-order chi connectivity index (χ1) is 11.1. The van der Waals surface area contributed by atoms with E-state index in [1.54, 1.807) is 4.31 Å². The summed E-state index contributed by atoms with van der Waals surface area (Å²) in [4.78, 5) is 2.30. The van der Waals surface area contributed by atoms with Crippen LogP contribution in [-0.4, -0.2) is 36.6 Å². The molecule has 0 saturated carbocycles. The van der Waals surface area contributed by atoms with E-state index in [0.29, 0.717) is 13.2 Å². The van der Waals surface area contributed by atoms with Gasteiger partial charge in [0.25, 0.3) is 0 Å². The first-order valence-electron chi connectivity index (χ1n) is 7.97. The molecule has 0 radical (unpaired) electrons. The quantitative estimate of drug-likeness (QED) is 0.850. The van der Waals surface area contributed by atoms with Gasteiger partial charge in [-0.2, -0.15) is 4.31 Å². The van der Waals surface area contributed by atoms with Crippen LogP contribution in [0, 0.1) is 0 Å². The number of nitrogens with zero attached hydrogens (tertiary/aromatic N) is 2. The zero-order valence-electron chi connectivity index (χ0n) is 12.9. The standard InChI is InChI=1S/C18H20N2O2S/c21-23(22)13-18-17-9-5-4-8-16(17)10-11-19(18)14-20(23)12-15-6-2-1-3-7-15/h1-9,18H,10-14H2. The van der Waals surface area contributed by atoms with Crippen LogP contribution in [0.15, 0.2) is 54.6 Å². The topological polar surface area (TPSA) is 40.6 Å². The maximum Gasteiger partial charge on any atom is 0.217 e. The monoisotopic (exact) mass is 328 g/mol. The molecule has 0 aliphatic carbocycles. The number of sulfonamides is 1. The number of benzene rings is 2. The minimum Gasteiger partial charge on any atom is -0.281 e. The SMILES string of the molecule is O=S1(=O)CC2c3ccccc3CCN2CN1Cc1ccccc1.